The van der Waals surface area contributed by atoms with E-state index in [4.69, 9.17) is 0 Å². The summed E-state index contributed by atoms with van der Waals surface area (Å²) in [7, 11) is -3.52. The summed E-state index contributed by atoms with van der Waals surface area (Å²) in [6.45, 7) is 0.470. The van der Waals surface area contributed by atoms with Crippen molar-refractivity contribution in [1.29, 1.82) is 0 Å². The Morgan fingerprint density at radius 1 is 1.12 bits per heavy atom. The Morgan fingerprint density at radius 3 is 2.81 bits per heavy atom. The summed E-state index contributed by atoms with van der Waals surface area (Å²) >= 11 is 1.29. The van der Waals surface area contributed by atoms with Gasteiger partial charge in [0.05, 0.1) is 10.6 Å². The quantitative estimate of drug-likeness (QED) is 0.480. The first-order valence-corrected chi connectivity index (χ1v) is 12.5. The summed E-state index contributed by atoms with van der Waals surface area (Å²) in [5.41, 5.74) is 1.87. The van der Waals surface area contributed by atoms with Gasteiger partial charge in [0.15, 0.2) is 5.13 Å². The van der Waals surface area contributed by atoms with Gasteiger partial charge in [0.1, 0.15) is 11.7 Å². The van der Waals surface area contributed by atoms with Crippen molar-refractivity contribution < 1.29 is 17.6 Å². The van der Waals surface area contributed by atoms with E-state index in [0.29, 0.717) is 47.2 Å². The molecule has 0 saturated carbocycles. The molecule has 32 heavy (non-hydrogen) atoms. The standard InChI is InChI=1S/C22H21FN4O3S2/c23-16-8-6-7-15(13-16)18-14-31-22(25-18)26-20(28)11-2-1-5-12-24-21-17-9-3-4-10-19(17)32(29,30)27-21/h3-4,6-10,13-14H,1-2,5,11-12H2,(H,24,27)(H,25,26,28). The van der Waals surface area contributed by atoms with Crippen molar-refractivity contribution in [3.8, 4) is 11.3 Å². The minimum atomic E-state index is -3.52. The van der Waals surface area contributed by atoms with Crippen LogP contribution in [0.4, 0.5) is 9.52 Å². The molecule has 0 saturated heterocycles. The van der Waals surface area contributed by atoms with Crippen LogP contribution in [0.1, 0.15) is 31.2 Å². The Kier molecular flexibility index (Phi) is 6.61. The third-order valence-electron chi connectivity index (χ3n) is 4.87. The van der Waals surface area contributed by atoms with Crippen molar-refractivity contribution in [1.82, 2.24) is 9.71 Å². The maximum absolute atomic E-state index is 13.4. The van der Waals surface area contributed by atoms with Gasteiger partial charge in [-0.15, -0.1) is 11.3 Å². The van der Waals surface area contributed by atoms with Gasteiger partial charge < -0.3 is 5.32 Å². The fourth-order valence-corrected chi connectivity index (χ4v) is 5.30. The topological polar surface area (TPSA) is 101 Å². The monoisotopic (exact) mass is 472 g/mol. The zero-order valence-electron chi connectivity index (χ0n) is 17.0. The van der Waals surface area contributed by atoms with Gasteiger partial charge in [-0.3, -0.25) is 14.5 Å². The van der Waals surface area contributed by atoms with Crippen molar-refractivity contribution in [2.24, 2.45) is 4.99 Å². The number of fused-ring (bicyclic) bond motifs is 1. The van der Waals surface area contributed by atoms with Crippen LogP contribution in [0.3, 0.4) is 0 Å². The SMILES string of the molecule is O=C(CCCCCN=C1NS(=O)(=O)c2ccccc21)Nc1nc(-c2cccc(F)c2)cs1. The number of carbonyl (C=O) groups is 1. The largest absolute Gasteiger partial charge is 0.302 e. The maximum Gasteiger partial charge on any atom is 0.263 e. The third-order valence-corrected chi connectivity index (χ3v) is 7.02. The summed E-state index contributed by atoms with van der Waals surface area (Å²) < 4.78 is 40.0. The Morgan fingerprint density at radius 2 is 1.97 bits per heavy atom. The fourth-order valence-electron chi connectivity index (χ4n) is 3.31. The average molecular weight is 473 g/mol. The van der Waals surface area contributed by atoms with Crippen LogP contribution >= 0.6 is 11.3 Å². The molecule has 166 valence electrons. The highest BCUT2D eigenvalue weighted by atomic mass is 32.2. The molecule has 0 spiro atoms. The van der Waals surface area contributed by atoms with Crippen molar-refractivity contribution in [2.75, 3.05) is 11.9 Å². The van der Waals surface area contributed by atoms with Gasteiger partial charge in [-0.1, -0.05) is 30.7 Å². The van der Waals surface area contributed by atoms with Gasteiger partial charge >= 0.3 is 0 Å². The Hall–Kier alpha value is -3.11. The second-order valence-electron chi connectivity index (χ2n) is 7.24. The average Bonchev–Trinajstić information content (AvgIpc) is 3.33. The number of amidine groups is 1. The molecule has 0 aliphatic carbocycles. The van der Waals surface area contributed by atoms with Crippen LogP contribution in [-0.2, 0) is 14.8 Å². The lowest BCUT2D eigenvalue weighted by Gasteiger charge is -2.02. The first-order valence-electron chi connectivity index (χ1n) is 10.1. The van der Waals surface area contributed by atoms with E-state index in [1.807, 2.05) is 0 Å². The Bertz CT molecular complexity index is 1270. The number of aromatic nitrogens is 1. The molecule has 0 bridgehead atoms. The second-order valence-corrected chi connectivity index (χ2v) is 9.75. The summed E-state index contributed by atoms with van der Waals surface area (Å²) in [5.74, 6) is -0.0917. The predicted octanol–water partition coefficient (Wildman–Crippen LogP) is 4.19. The van der Waals surface area contributed by atoms with Crippen LogP contribution in [0.5, 0.6) is 0 Å². The summed E-state index contributed by atoms with van der Waals surface area (Å²) in [5, 5.41) is 5.03. The number of sulfonamides is 1. The fraction of sp³-hybridized carbons (Fsp3) is 0.227. The molecule has 2 aromatic carbocycles. The van der Waals surface area contributed by atoms with Crippen molar-refractivity contribution >= 4 is 38.2 Å². The molecule has 1 amide bonds. The molecule has 2 heterocycles. The van der Waals surface area contributed by atoms with E-state index in [2.05, 4.69) is 20.0 Å². The van der Waals surface area contributed by atoms with E-state index in [-0.39, 0.29) is 16.6 Å². The number of nitrogens with one attached hydrogen (secondary N) is 2. The molecule has 1 aliphatic heterocycles. The second kappa shape index (κ2) is 9.58. The predicted molar refractivity (Wildman–Crippen MR) is 123 cm³/mol. The number of hydrogen-bond acceptors (Lipinski definition) is 6. The number of hydrogen-bond donors (Lipinski definition) is 2. The molecule has 2 N–H and O–H groups in total. The number of anilines is 1. The third kappa shape index (κ3) is 5.20. The Balaban J connectivity index is 1.20. The van der Waals surface area contributed by atoms with Crippen LogP contribution in [0.15, 0.2) is 63.8 Å². The summed E-state index contributed by atoms with van der Waals surface area (Å²) in [6.07, 6.45) is 2.55. The lowest BCUT2D eigenvalue weighted by molar-refractivity contribution is -0.116. The van der Waals surface area contributed by atoms with E-state index in [0.717, 1.165) is 12.8 Å². The summed E-state index contributed by atoms with van der Waals surface area (Å²) in [6, 6.07) is 12.9. The molecule has 7 nitrogen and oxygen atoms in total. The summed E-state index contributed by atoms with van der Waals surface area (Å²) in [4.78, 5) is 21.1. The number of aliphatic imine (C=N–C) groups is 1. The smallest absolute Gasteiger partial charge is 0.263 e. The van der Waals surface area contributed by atoms with E-state index < -0.39 is 10.0 Å². The molecule has 0 fully saturated rings. The molecule has 3 aromatic rings. The molecule has 0 radical (unpaired) electrons. The number of nitrogens with zero attached hydrogens (tertiary/aromatic N) is 2. The highest BCUT2D eigenvalue weighted by molar-refractivity contribution is 7.90. The van der Waals surface area contributed by atoms with Gasteiger partial charge in [-0.2, -0.15) is 0 Å². The number of rotatable bonds is 8. The normalized spacial score (nSPS) is 15.3. The number of benzene rings is 2. The molecule has 1 aliphatic rings. The van der Waals surface area contributed by atoms with Crippen LogP contribution < -0.4 is 10.0 Å². The van der Waals surface area contributed by atoms with Crippen LogP contribution in [0.2, 0.25) is 0 Å². The van der Waals surface area contributed by atoms with Gasteiger partial charge in [0.2, 0.25) is 5.91 Å². The van der Waals surface area contributed by atoms with Crippen LogP contribution in [-0.4, -0.2) is 31.7 Å². The molecular weight excluding hydrogens is 451 g/mol. The number of carbonyl (C=O) groups excluding carboxylic acids is 1. The van der Waals surface area contributed by atoms with Crippen LogP contribution in [0.25, 0.3) is 11.3 Å². The lowest BCUT2D eigenvalue weighted by Crippen LogP contribution is -2.22. The lowest BCUT2D eigenvalue weighted by atomic mass is 10.2. The zero-order valence-corrected chi connectivity index (χ0v) is 18.7. The number of unbranched alkanes of at least 4 members (excludes halogenated alkanes) is 2. The number of amides is 1. The minimum absolute atomic E-state index is 0.131. The first-order chi connectivity index (χ1) is 15.4. The highest BCUT2D eigenvalue weighted by Gasteiger charge is 2.29. The van der Waals surface area contributed by atoms with Crippen molar-refractivity contribution in [3.63, 3.8) is 0 Å². The van der Waals surface area contributed by atoms with Gasteiger partial charge in [0.25, 0.3) is 10.0 Å². The molecule has 0 atom stereocenters. The van der Waals surface area contributed by atoms with Crippen LogP contribution in [0, 0.1) is 5.82 Å². The van der Waals surface area contributed by atoms with Crippen molar-refractivity contribution in [3.05, 3.63) is 65.3 Å². The molecule has 0 unspecified atom stereocenters. The molecule has 10 heteroatoms. The van der Waals surface area contributed by atoms with E-state index in [1.165, 1.54) is 23.5 Å². The van der Waals surface area contributed by atoms with Crippen molar-refractivity contribution in [2.45, 2.75) is 30.6 Å². The maximum atomic E-state index is 13.4. The molecule has 4 rings (SSSR count). The number of thiazole rings is 1. The zero-order chi connectivity index (χ0) is 22.6. The van der Waals surface area contributed by atoms with Gasteiger partial charge in [0, 0.05) is 29.5 Å². The van der Waals surface area contributed by atoms with Gasteiger partial charge in [-0.25, -0.2) is 17.8 Å². The Labute approximate surface area is 189 Å². The molecule has 1 aromatic heterocycles. The van der Waals surface area contributed by atoms with E-state index in [9.17, 15) is 17.6 Å². The minimum Gasteiger partial charge on any atom is -0.302 e. The highest BCUT2D eigenvalue weighted by Crippen LogP contribution is 2.25. The number of halogens is 1. The molecular formula is C22H21FN4O3S2. The van der Waals surface area contributed by atoms with Gasteiger partial charge in [-0.05, 0) is 37.1 Å². The first kappa shape index (κ1) is 22.1. The van der Waals surface area contributed by atoms with E-state index >= 15 is 0 Å². The van der Waals surface area contributed by atoms with E-state index in [1.54, 1.807) is 41.8 Å².